The molecule has 0 aromatic heterocycles. The van der Waals surface area contributed by atoms with Crippen molar-refractivity contribution in [3.05, 3.63) is 12.2 Å². The maximum absolute atomic E-state index is 12.1. The third-order valence-corrected chi connectivity index (χ3v) is 10.0. The first kappa shape index (κ1) is 45.2. The van der Waals surface area contributed by atoms with E-state index >= 15 is 0 Å². The Kier molecular flexibility index (Phi) is 41.5. The van der Waals surface area contributed by atoms with Crippen molar-refractivity contribution in [3.8, 4) is 0 Å². The van der Waals surface area contributed by atoms with Crippen molar-refractivity contribution < 1.29 is 4.79 Å². The summed E-state index contributed by atoms with van der Waals surface area (Å²) in [6.07, 6.45) is 56.7. The molecule has 0 unspecified atom stereocenters. The molecule has 46 heavy (non-hydrogen) atoms. The Hall–Kier alpha value is -0.790. The highest BCUT2D eigenvalue weighted by molar-refractivity contribution is 5.75. The second-order valence-corrected chi connectivity index (χ2v) is 14.8. The average molecular weight is 646 g/mol. The van der Waals surface area contributed by atoms with Crippen LogP contribution in [0.3, 0.4) is 0 Å². The summed E-state index contributed by atoms with van der Waals surface area (Å²) in [5.41, 5.74) is 0. The molecule has 0 atom stereocenters. The molecule has 0 aliphatic carbocycles. The highest BCUT2D eigenvalue weighted by Crippen LogP contribution is 2.15. The second kappa shape index (κ2) is 42.2. The number of carbonyl (C=O) groups is 1. The van der Waals surface area contributed by atoms with Gasteiger partial charge in [0.05, 0.1) is 0 Å². The number of hydrogen-bond acceptors (Lipinski definition) is 1. The van der Waals surface area contributed by atoms with Crippen LogP contribution in [0.25, 0.3) is 0 Å². The predicted molar refractivity (Wildman–Crippen MR) is 209 cm³/mol. The lowest BCUT2D eigenvalue weighted by Gasteiger charge is -2.06. The van der Waals surface area contributed by atoms with Crippen LogP contribution in [0.5, 0.6) is 0 Å². The van der Waals surface area contributed by atoms with Gasteiger partial charge in [0.2, 0.25) is 5.91 Å². The molecule has 274 valence electrons. The fourth-order valence-corrected chi connectivity index (χ4v) is 6.76. The van der Waals surface area contributed by atoms with E-state index in [0.29, 0.717) is 0 Å². The van der Waals surface area contributed by atoms with E-state index in [1.165, 1.54) is 225 Å². The van der Waals surface area contributed by atoms with Crippen molar-refractivity contribution in [1.82, 2.24) is 5.32 Å². The topological polar surface area (TPSA) is 29.1 Å². The van der Waals surface area contributed by atoms with Crippen LogP contribution in [0.1, 0.15) is 258 Å². The first-order valence-electron chi connectivity index (χ1n) is 21.7. The Balaban J connectivity index is 3.17. The monoisotopic (exact) mass is 646 g/mol. The van der Waals surface area contributed by atoms with Gasteiger partial charge in [0.25, 0.3) is 0 Å². The van der Waals surface area contributed by atoms with Gasteiger partial charge < -0.3 is 5.32 Å². The number of nitrogens with one attached hydrogen (secondary N) is 1. The number of rotatable bonds is 40. The molecule has 0 aliphatic rings. The molecule has 1 N–H and O–H groups in total. The molecule has 0 rings (SSSR count). The molecule has 0 saturated carbocycles. The summed E-state index contributed by atoms with van der Waals surface area (Å²) in [5.74, 6) is 0.278. The molecule has 0 aromatic carbocycles. The standard InChI is InChI=1S/C44H87NO/c1-3-5-7-9-11-13-15-17-19-21-23-25-27-29-31-33-35-37-39-41-43-45-44(46)42-40-38-36-34-32-30-28-26-24-22-20-18-16-14-12-10-8-6-4-2/h17,19H,3-16,18,20-43H2,1-2H3,(H,45,46). The molecule has 0 saturated heterocycles. The third-order valence-electron chi connectivity index (χ3n) is 10.0. The van der Waals surface area contributed by atoms with Crippen LogP contribution in [0.2, 0.25) is 0 Å². The van der Waals surface area contributed by atoms with Crippen LogP contribution in [-0.2, 0) is 4.79 Å². The summed E-state index contributed by atoms with van der Waals surface area (Å²) < 4.78 is 0. The fourth-order valence-electron chi connectivity index (χ4n) is 6.76. The number of amides is 1. The molecular weight excluding hydrogens is 558 g/mol. The maximum Gasteiger partial charge on any atom is 0.219 e. The van der Waals surface area contributed by atoms with Gasteiger partial charge in [0, 0.05) is 13.0 Å². The smallest absolute Gasteiger partial charge is 0.219 e. The average Bonchev–Trinajstić information content (AvgIpc) is 3.06. The summed E-state index contributed by atoms with van der Waals surface area (Å²) in [6, 6.07) is 0. The highest BCUT2D eigenvalue weighted by Gasteiger charge is 2.01. The minimum absolute atomic E-state index is 0.278. The van der Waals surface area contributed by atoms with Crippen LogP contribution >= 0.6 is 0 Å². The number of carbonyl (C=O) groups excluding carboxylic acids is 1. The second-order valence-electron chi connectivity index (χ2n) is 14.8. The maximum atomic E-state index is 12.1. The Labute approximate surface area is 291 Å². The Morgan fingerprint density at radius 1 is 0.348 bits per heavy atom. The summed E-state index contributed by atoms with van der Waals surface area (Å²) in [4.78, 5) is 12.1. The zero-order valence-corrected chi connectivity index (χ0v) is 32.1. The summed E-state index contributed by atoms with van der Waals surface area (Å²) in [5, 5.41) is 3.16. The van der Waals surface area contributed by atoms with Crippen molar-refractivity contribution in [2.75, 3.05) is 6.54 Å². The van der Waals surface area contributed by atoms with Crippen molar-refractivity contribution >= 4 is 5.91 Å². The van der Waals surface area contributed by atoms with Crippen molar-refractivity contribution in [2.24, 2.45) is 0 Å². The Morgan fingerprint density at radius 2 is 0.609 bits per heavy atom. The van der Waals surface area contributed by atoms with Gasteiger partial charge in [-0.3, -0.25) is 4.79 Å². The van der Waals surface area contributed by atoms with Gasteiger partial charge in [-0.25, -0.2) is 0 Å². The van der Waals surface area contributed by atoms with Crippen LogP contribution < -0.4 is 5.32 Å². The minimum Gasteiger partial charge on any atom is -0.356 e. The molecule has 2 nitrogen and oxygen atoms in total. The third kappa shape index (κ3) is 41.2. The first-order valence-corrected chi connectivity index (χ1v) is 21.7. The summed E-state index contributed by atoms with van der Waals surface area (Å²) in [6.45, 7) is 5.47. The normalized spacial score (nSPS) is 11.6. The summed E-state index contributed by atoms with van der Waals surface area (Å²) in [7, 11) is 0. The van der Waals surface area contributed by atoms with E-state index in [4.69, 9.17) is 0 Å². The molecule has 2 heteroatoms. The van der Waals surface area contributed by atoms with Gasteiger partial charge in [0.15, 0.2) is 0 Å². The van der Waals surface area contributed by atoms with E-state index in [9.17, 15) is 4.79 Å². The van der Waals surface area contributed by atoms with E-state index in [0.717, 1.165) is 25.8 Å². The quantitative estimate of drug-likeness (QED) is 0.0521. The fraction of sp³-hybridized carbons (Fsp3) is 0.932. The zero-order valence-electron chi connectivity index (χ0n) is 32.1. The molecule has 0 aliphatic heterocycles. The van der Waals surface area contributed by atoms with E-state index in [-0.39, 0.29) is 5.91 Å². The largest absolute Gasteiger partial charge is 0.356 e. The van der Waals surface area contributed by atoms with E-state index in [1.807, 2.05) is 0 Å². The van der Waals surface area contributed by atoms with Crippen molar-refractivity contribution in [3.63, 3.8) is 0 Å². The van der Waals surface area contributed by atoms with Crippen molar-refractivity contribution in [2.45, 2.75) is 258 Å². The lowest BCUT2D eigenvalue weighted by atomic mass is 10.0. The highest BCUT2D eigenvalue weighted by atomic mass is 16.1. The SMILES string of the molecule is CCCCCCCCC=CCCCCCCCCCCCCNC(=O)CCCCCCCCCCCCCCCCCCCCC. The molecule has 1 amide bonds. The van der Waals surface area contributed by atoms with Gasteiger partial charge in [-0.2, -0.15) is 0 Å². The van der Waals surface area contributed by atoms with Gasteiger partial charge >= 0.3 is 0 Å². The molecular formula is C44H87NO. The van der Waals surface area contributed by atoms with Crippen LogP contribution in [0.4, 0.5) is 0 Å². The lowest BCUT2D eigenvalue weighted by Crippen LogP contribution is -2.23. The number of unbranched alkanes of at least 4 members (excludes halogenated alkanes) is 34. The molecule has 0 bridgehead atoms. The van der Waals surface area contributed by atoms with E-state index in [1.54, 1.807) is 0 Å². The number of allylic oxidation sites excluding steroid dienone is 2. The van der Waals surface area contributed by atoms with Crippen LogP contribution in [-0.4, -0.2) is 12.5 Å². The zero-order chi connectivity index (χ0) is 33.3. The molecule has 0 fully saturated rings. The molecule has 0 heterocycles. The van der Waals surface area contributed by atoms with Crippen LogP contribution in [0.15, 0.2) is 12.2 Å². The first-order chi connectivity index (χ1) is 22.8. The Bertz CT molecular complexity index is 584. The lowest BCUT2D eigenvalue weighted by molar-refractivity contribution is -0.121. The summed E-state index contributed by atoms with van der Waals surface area (Å²) >= 11 is 0. The van der Waals surface area contributed by atoms with Crippen LogP contribution in [0, 0.1) is 0 Å². The van der Waals surface area contributed by atoms with Gasteiger partial charge in [-0.05, 0) is 38.5 Å². The molecule has 0 radical (unpaired) electrons. The number of hydrogen-bond donors (Lipinski definition) is 1. The van der Waals surface area contributed by atoms with E-state index < -0.39 is 0 Å². The Morgan fingerprint density at radius 3 is 0.935 bits per heavy atom. The molecule has 0 aromatic rings. The molecule has 0 spiro atoms. The van der Waals surface area contributed by atoms with Gasteiger partial charge in [-0.15, -0.1) is 0 Å². The van der Waals surface area contributed by atoms with Gasteiger partial charge in [0.1, 0.15) is 0 Å². The van der Waals surface area contributed by atoms with Crippen molar-refractivity contribution in [1.29, 1.82) is 0 Å². The predicted octanol–water partition coefficient (Wildman–Crippen LogP) is 15.5. The van der Waals surface area contributed by atoms with Gasteiger partial charge in [-0.1, -0.05) is 225 Å². The minimum atomic E-state index is 0.278. The van der Waals surface area contributed by atoms with E-state index in [2.05, 4.69) is 31.3 Å².